The van der Waals surface area contributed by atoms with Crippen LogP contribution in [-0.2, 0) is 9.53 Å². The lowest BCUT2D eigenvalue weighted by molar-refractivity contribution is -0.164. The van der Waals surface area contributed by atoms with E-state index >= 15 is 4.39 Å². The molecule has 0 radical (unpaired) electrons. The number of nitrogens with two attached hydrogens (primary N) is 1. The van der Waals surface area contributed by atoms with E-state index < -0.39 is 66.4 Å². The van der Waals surface area contributed by atoms with Crippen molar-refractivity contribution < 1.29 is 40.7 Å². The number of thiazole rings is 1. The van der Waals surface area contributed by atoms with Crippen LogP contribution in [0.1, 0.15) is 48.3 Å². The van der Waals surface area contributed by atoms with Crippen molar-refractivity contribution in [3.63, 3.8) is 0 Å². The number of ether oxygens (including phenoxy) is 1. The van der Waals surface area contributed by atoms with Gasteiger partial charge in [0.05, 0.1) is 27.1 Å². The average molecular weight is 699 g/mol. The van der Waals surface area contributed by atoms with Gasteiger partial charge in [0.2, 0.25) is 0 Å². The van der Waals surface area contributed by atoms with Crippen LogP contribution in [0.3, 0.4) is 0 Å². The van der Waals surface area contributed by atoms with Gasteiger partial charge in [0.15, 0.2) is 17.8 Å². The van der Waals surface area contributed by atoms with E-state index in [1.165, 1.54) is 41.7 Å². The Kier molecular flexibility index (Phi) is 8.33. The van der Waals surface area contributed by atoms with Crippen LogP contribution >= 0.6 is 22.9 Å². The van der Waals surface area contributed by atoms with Gasteiger partial charge in [0.25, 0.3) is 12.3 Å². The molecular weight excluding hydrogens is 678 g/mol. The number of rotatable bonds is 9. The number of halogens is 7. The number of carbonyl (C=O) groups is 2. The summed E-state index contributed by atoms with van der Waals surface area (Å²) in [7, 11) is 0. The number of guanidine groups is 1. The van der Waals surface area contributed by atoms with Crippen LogP contribution in [0.4, 0.5) is 31.1 Å². The van der Waals surface area contributed by atoms with Gasteiger partial charge in [-0.2, -0.15) is 18.3 Å². The Bertz CT molecular complexity index is 1860. The van der Waals surface area contributed by atoms with Crippen molar-refractivity contribution in [1.29, 1.82) is 0 Å². The minimum absolute atomic E-state index is 0.0604. The Hall–Kier alpha value is -4.71. The first-order chi connectivity index (χ1) is 22.3. The summed E-state index contributed by atoms with van der Waals surface area (Å²) in [5.41, 5.74) is 5.64. The fourth-order valence-electron chi connectivity index (χ4n) is 5.07. The number of benzene rings is 2. The van der Waals surface area contributed by atoms with Crippen LogP contribution in [0, 0.1) is 5.82 Å². The largest absolute Gasteiger partial charge is 0.447 e. The fourth-order valence-corrected chi connectivity index (χ4v) is 5.88. The molecule has 1 aliphatic carbocycles. The quantitative estimate of drug-likeness (QED) is 0.208. The van der Waals surface area contributed by atoms with Crippen molar-refractivity contribution in [2.24, 2.45) is 10.7 Å². The maximum Gasteiger partial charge on any atom is 0.411 e. The van der Waals surface area contributed by atoms with E-state index in [0.717, 1.165) is 15.9 Å². The highest BCUT2D eigenvalue weighted by Crippen LogP contribution is 2.49. The van der Waals surface area contributed by atoms with Crippen LogP contribution in [0.2, 0.25) is 5.02 Å². The maximum atomic E-state index is 15.4. The van der Waals surface area contributed by atoms with Crippen LogP contribution in [-0.4, -0.2) is 60.9 Å². The number of aromatic nitrogens is 4. The van der Waals surface area contributed by atoms with E-state index in [1.54, 1.807) is 17.8 Å². The van der Waals surface area contributed by atoms with Crippen molar-refractivity contribution in [3.05, 3.63) is 82.2 Å². The Morgan fingerprint density at radius 3 is 2.62 bits per heavy atom. The molecule has 0 spiro atoms. The molecule has 19 heteroatoms. The summed E-state index contributed by atoms with van der Waals surface area (Å²) < 4.78 is 88.9. The van der Waals surface area contributed by atoms with Gasteiger partial charge in [-0.15, -0.1) is 11.3 Å². The van der Waals surface area contributed by atoms with E-state index in [4.69, 9.17) is 22.1 Å². The zero-order valence-electron chi connectivity index (χ0n) is 23.6. The topological polar surface area (TPSA) is 141 Å². The second-order valence-corrected chi connectivity index (χ2v) is 11.9. The summed E-state index contributed by atoms with van der Waals surface area (Å²) in [6.45, 7) is -0.776. The summed E-state index contributed by atoms with van der Waals surface area (Å²) in [6.07, 6.45) is -7.49. The Morgan fingerprint density at radius 1 is 1.21 bits per heavy atom. The third kappa shape index (κ3) is 6.09. The molecule has 1 aliphatic heterocycles. The molecule has 47 heavy (non-hydrogen) atoms. The molecule has 3 heterocycles. The Morgan fingerprint density at radius 2 is 1.98 bits per heavy atom. The van der Waals surface area contributed by atoms with Crippen molar-refractivity contribution in [1.82, 2.24) is 30.0 Å². The monoisotopic (exact) mass is 698 g/mol. The highest BCUT2D eigenvalue weighted by molar-refractivity contribution is 7.13. The van der Waals surface area contributed by atoms with Crippen LogP contribution in [0.5, 0.6) is 0 Å². The zero-order valence-corrected chi connectivity index (χ0v) is 25.2. The molecule has 4 aromatic rings. The molecule has 2 aromatic heterocycles. The zero-order chi connectivity index (χ0) is 33.7. The molecule has 0 bridgehead atoms. The van der Waals surface area contributed by atoms with Crippen molar-refractivity contribution in [2.75, 3.05) is 6.61 Å². The first-order valence-corrected chi connectivity index (χ1v) is 14.9. The van der Waals surface area contributed by atoms with Gasteiger partial charge in [0.1, 0.15) is 24.3 Å². The highest BCUT2D eigenvalue weighted by Gasteiger charge is 2.64. The lowest BCUT2D eigenvalue weighted by Gasteiger charge is -2.29. The average Bonchev–Trinajstić information content (AvgIpc) is 3.35. The highest BCUT2D eigenvalue weighted by atomic mass is 35.5. The molecule has 2 atom stereocenters. The van der Waals surface area contributed by atoms with E-state index in [0.29, 0.717) is 10.4 Å². The van der Waals surface area contributed by atoms with Crippen molar-refractivity contribution in [3.8, 4) is 16.1 Å². The second-order valence-electron chi connectivity index (χ2n) is 10.6. The number of hydrogen-bond donors (Lipinski definition) is 2. The first kappa shape index (κ1) is 32.2. The van der Waals surface area contributed by atoms with Gasteiger partial charge in [0, 0.05) is 11.8 Å². The number of alkyl halides is 5. The van der Waals surface area contributed by atoms with Crippen molar-refractivity contribution >= 4 is 40.9 Å². The number of alkyl carbamates (subject to hydrolysis) is 1. The lowest BCUT2D eigenvalue weighted by Crippen LogP contribution is -2.49. The van der Waals surface area contributed by atoms with Crippen LogP contribution in [0.15, 0.2) is 59.4 Å². The fraction of sp³-hybridized carbons (Fsp3) is 0.286. The summed E-state index contributed by atoms with van der Waals surface area (Å²) >= 11 is 7.57. The van der Waals surface area contributed by atoms with E-state index in [9.17, 15) is 31.5 Å². The number of carbonyl (C=O) groups excluding carboxylic acids is 2. The first-order valence-electron chi connectivity index (χ1n) is 13.6. The molecule has 6 rings (SSSR count). The van der Waals surface area contributed by atoms with Gasteiger partial charge in [-0.05, 0) is 42.2 Å². The lowest BCUT2D eigenvalue weighted by atomic mass is 10.0. The molecular formula is C28H21ClF6N8O3S. The molecule has 3 N–H and O–H groups in total. The molecule has 246 valence electrons. The molecule has 2 aliphatic rings. The number of nitrogens with zero attached hydrogens (tertiary/aromatic N) is 6. The predicted molar refractivity (Wildman–Crippen MR) is 155 cm³/mol. The Labute approximate surface area is 270 Å². The molecule has 2 amide bonds. The van der Waals surface area contributed by atoms with E-state index in [1.807, 2.05) is 5.32 Å². The van der Waals surface area contributed by atoms with Gasteiger partial charge in [-0.25, -0.2) is 32.6 Å². The predicted octanol–water partition coefficient (Wildman–Crippen LogP) is 5.88. The summed E-state index contributed by atoms with van der Waals surface area (Å²) in [6, 6.07) is 5.13. The third-order valence-electron chi connectivity index (χ3n) is 7.66. The van der Waals surface area contributed by atoms with Gasteiger partial charge >= 0.3 is 12.3 Å². The summed E-state index contributed by atoms with van der Waals surface area (Å²) in [5.74, 6) is -2.82. The number of aliphatic imine (C=N–C) groups is 1. The van der Waals surface area contributed by atoms with E-state index in [-0.39, 0.29) is 34.7 Å². The van der Waals surface area contributed by atoms with Crippen molar-refractivity contribution in [2.45, 2.75) is 43.1 Å². The summed E-state index contributed by atoms with van der Waals surface area (Å²) in [4.78, 5) is 39.6. The molecule has 2 unspecified atom stereocenters. The number of nitrogens with one attached hydrogen (secondary N) is 1. The van der Waals surface area contributed by atoms with Crippen LogP contribution < -0.4 is 11.1 Å². The molecule has 2 aromatic carbocycles. The number of amides is 2. The number of hydrogen-bond acceptors (Lipinski definition) is 9. The normalized spacial score (nSPS) is 18.0. The maximum absolute atomic E-state index is 15.4. The van der Waals surface area contributed by atoms with Gasteiger partial charge in [-0.1, -0.05) is 29.8 Å². The molecule has 1 fully saturated rings. The minimum Gasteiger partial charge on any atom is -0.447 e. The minimum atomic E-state index is -4.73. The Balaban J connectivity index is 1.33. The van der Waals surface area contributed by atoms with Gasteiger partial charge in [-0.3, -0.25) is 14.7 Å². The third-order valence-corrected chi connectivity index (χ3v) is 8.80. The molecule has 11 nitrogen and oxygen atoms in total. The second kappa shape index (κ2) is 12.1. The molecule has 1 saturated carbocycles. The standard InChI is InChI=1S/C28H21ClF6N8O3S/c29-16-4-2-13(8-18(16)43-23(22(31)32)38-11-39-43)19(10-46-26(45)41-27(5-6-27)28(33,34)35)42-24(44)21(40-25(42)36)15-3-1-14(7-17(15)30)20-9-37-12-47-20/h1-4,7-9,11-12,19,21-22H,5-6,10H2,(H2,36,40)(H,41,45). The van der Waals surface area contributed by atoms with Gasteiger partial charge < -0.3 is 15.8 Å². The smallest absolute Gasteiger partial charge is 0.411 e. The molecule has 0 saturated heterocycles. The summed E-state index contributed by atoms with van der Waals surface area (Å²) in [5, 5.41) is 5.55. The van der Waals surface area contributed by atoms with E-state index in [2.05, 4.69) is 20.1 Å². The van der Waals surface area contributed by atoms with Crippen LogP contribution in [0.25, 0.3) is 16.1 Å². The SMILES string of the molecule is NC1=NC(c2ccc(-c3cncs3)cc2F)C(=O)N1C(COC(=O)NC1(C(F)(F)F)CC1)c1ccc(Cl)c(-n2ncnc2C(F)F)c1.